The molecule has 0 spiro atoms. The number of fused-ring (bicyclic) bond motifs is 3. The van der Waals surface area contributed by atoms with Gasteiger partial charge in [0, 0.05) is 6.54 Å². The van der Waals surface area contributed by atoms with Crippen molar-refractivity contribution in [3.63, 3.8) is 0 Å². The number of anilines is 1. The SMILES string of the molecule is Cl.O=C(NC1(C(F)(F)F)C(=O)Nc2nc3cc(Cl)c(Cl)cc3n21)C1CCNC1. The fourth-order valence-electron chi connectivity index (χ4n) is 3.39. The summed E-state index contributed by atoms with van der Waals surface area (Å²) in [5, 5.41) is 7.02. The van der Waals surface area contributed by atoms with Gasteiger partial charge in [0.05, 0.1) is 27.0 Å². The lowest BCUT2D eigenvalue weighted by Crippen LogP contribution is -2.64. The monoisotopic (exact) mass is 457 g/mol. The Kier molecular flexibility index (Phi) is 5.20. The van der Waals surface area contributed by atoms with Gasteiger partial charge < -0.3 is 10.6 Å². The smallest absolute Gasteiger partial charge is 0.317 e. The highest BCUT2D eigenvalue weighted by Crippen LogP contribution is 2.45. The Morgan fingerprint density at radius 1 is 1.32 bits per heavy atom. The van der Waals surface area contributed by atoms with Crippen LogP contribution in [0.3, 0.4) is 0 Å². The van der Waals surface area contributed by atoms with Gasteiger partial charge in [-0.15, -0.1) is 12.4 Å². The fraction of sp³-hybridized carbons (Fsp3) is 0.400. The summed E-state index contributed by atoms with van der Waals surface area (Å²) in [7, 11) is 0. The molecule has 0 aliphatic carbocycles. The van der Waals surface area contributed by atoms with Crippen LogP contribution in [0.2, 0.25) is 10.0 Å². The third kappa shape index (κ3) is 2.90. The first kappa shape index (κ1) is 21.0. The van der Waals surface area contributed by atoms with E-state index in [1.165, 1.54) is 12.1 Å². The Balaban J connectivity index is 0.00000225. The van der Waals surface area contributed by atoms with E-state index < -0.39 is 29.6 Å². The first-order chi connectivity index (χ1) is 12.6. The van der Waals surface area contributed by atoms with Crippen molar-refractivity contribution < 1.29 is 22.8 Å². The number of amides is 2. The highest BCUT2D eigenvalue weighted by Gasteiger charge is 2.68. The third-order valence-electron chi connectivity index (χ3n) is 4.73. The van der Waals surface area contributed by atoms with Crippen LogP contribution >= 0.6 is 35.6 Å². The van der Waals surface area contributed by atoms with Crippen molar-refractivity contribution in [1.82, 2.24) is 20.2 Å². The molecule has 2 aliphatic heterocycles. The summed E-state index contributed by atoms with van der Waals surface area (Å²) in [6.07, 6.45) is -4.76. The Morgan fingerprint density at radius 2 is 2.00 bits per heavy atom. The second-order valence-corrected chi connectivity index (χ2v) is 7.18. The van der Waals surface area contributed by atoms with Crippen molar-refractivity contribution in [3.8, 4) is 0 Å². The van der Waals surface area contributed by atoms with Gasteiger partial charge in [0.15, 0.2) is 0 Å². The van der Waals surface area contributed by atoms with E-state index in [1.807, 2.05) is 5.32 Å². The number of imidazole rings is 1. The molecule has 3 heterocycles. The summed E-state index contributed by atoms with van der Waals surface area (Å²) in [4.78, 5) is 28.9. The summed E-state index contributed by atoms with van der Waals surface area (Å²) >= 11 is 11.8. The van der Waals surface area contributed by atoms with Gasteiger partial charge in [-0.2, -0.15) is 13.2 Å². The number of aromatic nitrogens is 2. The maximum absolute atomic E-state index is 14.2. The molecule has 2 atom stereocenters. The van der Waals surface area contributed by atoms with Crippen molar-refractivity contribution in [3.05, 3.63) is 22.2 Å². The molecule has 152 valence electrons. The molecule has 0 radical (unpaired) electrons. The zero-order chi connectivity index (χ0) is 19.6. The molecule has 4 rings (SSSR count). The topological polar surface area (TPSA) is 88.1 Å². The van der Waals surface area contributed by atoms with Gasteiger partial charge >= 0.3 is 6.18 Å². The van der Waals surface area contributed by atoms with E-state index in [0.717, 1.165) is 0 Å². The normalized spacial score (nSPS) is 24.0. The molecule has 2 amide bonds. The lowest BCUT2D eigenvalue weighted by molar-refractivity contribution is -0.218. The van der Waals surface area contributed by atoms with Crippen molar-refractivity contribution in [1.29, 1.82) is 0 Å². The summed E-state index contributed by atoms with van der Waals surface area (Å²) in [5.41, 5.74) is -3.31. The molecule has 1 fully saturated rings. The predicted molar refractivity (Wildman–Crippen MR) is 98.8 cm³/mol. The van der Waals surface area contributed by atoms with E-state index in [-0.39, 0.29) is 46.0 Å². The molecular formula is C15H13Cl3F3N5O2. The minimum atomic E-state index is -5.14. The van der Waals surface area contributed by atoms with E-state index in [9.17, 15) is 22.8 Å². The van der Waals surface area contributed by atoms with Gasteiger partial charge in [-0.1, -0.05) is 23.2 Å². The summed E-state index contributed by atoms with van der Waals surface area (Å²) in [6, 6.07) is 2.47. The van der Waals surface area contributed by atoms with Gasteiger partial charge in [-0.3, -0.25) is 19.5 Å². The molecule has 2 aliphatic rings. The highest BCUT2D eigenvalue weighted by molar-refractivity contribution is 6.42. The molecule has 1 aromatic carbocycles. The zero-order valence-electron chi connectivity index (χ0n) is 13.9. The Labute approximate surface area is 172 Å². The Morgan fingerprint density at radius 3 is 2.61 bits per heavy atom. The molecule has 0 bridgehead atoms. The summed E-state index contributed by atoms with van der Waals surface area (Å²) < 4.78 is 43.2. The molecule has 0 saturated carbocycles. The largest absolute Gasteiger partial charge is 0.440 e. The van der Waals surface area contributed by atoms with Crippen LogP contribution < -0.4 is 16.0 Å². The van der Waals surface area contributed by atoms with Crippen LogP contribution in [0.25, 0.3) is 11.0 Å². The number of rotatable bonds is 2. The van der Waals surface area contributed by atoms with E-state index in [0.29, 0.717) is 17.5 Å². The van der Waals surface area contributed by atoms with Gasteiger partial charge in [-0.25, -0.2) is 4.98 Å². The number of nitrogens with zero attached hydrogens (tertiary/aromatic N) is 2. The molecular weight excluding hydrogens is 446 g/mol. The fourth-order valence-corrected chi connectivity index (χ4v) is 3.70. The van der Waals surface area contributed by atoms with E-state index in [1.54, 1.807) is 0 Å². The number of hydrogen-bond acceptors (Lipinski definition) is 4. The molecule has 3 N–H and O–H groups in total. The standard InChI is InChI=1S/C15H12Cl2F3N5O2.ClH/c16-7-3-9-10(4-8(7)17)25-13(22-9)23-12(27)14(25,15(18,19)20)24-11(26)6-1-2-21-5-6;/h3-4,6,21H,1-2,5H2,(H,24,26)(H,22,23,27);1H. The van der Waals surface area contributed by atoms with Crippen LogP contribution in [0.15, 0.2) is 12.1 Å². The summed E-state index contributed by atoms with van der Waals surface area (Å²) in [6.45, 7) is 0.747. The Hall–Kier alpha value is -1.75. The Bertz CT molecular complexity index is 974. The third-order valence-corrected chi connectivity index (χ3v) is 5.45. The number of hydrogen-bond donors (Lipinski definition) is 3. The van der Waals surface area contributed by atoms with Gasteiger partial charge in [0.25, 0.3) is 11.6 Å². The van der Waals surface area contributed by atoms with E-state index in [4.69, 9.17) is 23.2 Å². The van der Waals surface area contributed by atoms with Crippen LogP contribution in [0.5, 0.6) is 0 Å². The average molecular weight is 459 g/mol. The first-order valence-corrected chi connectivity index (χ1v) is 8.69. The number of benzene rings is 1. The van der Waals surface area contributed by atoms with Crippen molar-refractivity contribution >= 4 is 64.4 Å². The van der Waals surface area contributed by atoms with Crippen LogP contribution in [0, 0.1) is 5.92 Å². The van der Waals surface area contributed by atoms with Crippen LogP contribution in [-0.2, 0) is 15.3 Å². The lowest BCUT2D eigenvalue weighted by atomic mass is 10.0. The first-order valence-electron chi connectivity index (χ1n) is 7.94. The molecule has 28 heavy (non-hydrogen) atoms. The zero-order valence-corrected chi connectivity index (χ0v) is 16.2. The number of nitrogens with one attached hydrogen (secondary N) is 3. The van der Waals surface area contributed by atoms with E-state index in [2.05, 4.69) is 15.6 Å². The molecule has 1 saturated heterocycles. The maximum atomic E-state index is 14.2. The maximum Gasteiger partial charge on any atom is 0.440 e. The molecule has 2 aromatic rings. The molecule has 2 unspecified atom stereocenters. The van der Waals surface area contributed by atoms with Gasteiger partial charge in [-0.05, 0) is 25.1 Å². The number of carbonyl (C=O) groups is 2. The molecule has 1 aromatic heterocycles. The van der Waals surface area contributed by atoms with Crippen LogP contribution in [-0.4, -0.2) is 40.6 Å². The van der Waals surface area contributed by atoms with Crippen LogP contribution in [0.4, 0.5) is 19.1 Å². The predicted octanol–water partition coefficient (Wildman–Crippen LogP) is 2.66. The van der Waals surface area contributed by atoms with Crippen molar-refractivity contribution in [2.75, 3.05) is 18.4 Å². The lowest BCUT2D eigenvalue weighted by Gasteiger charge is -2.32. The molecule has 13 heteroatoms. The second-order valence-electron chi connectivity index (χ2n) is 6.37. The number of alkyl halides is 3. The minimum Gasteiger partial charge on any atom is -0.317 e. The second kappa shape index (κ2) is 6.94. The molecule has 7 nitrogen and oxygen atoms in total. The quantitative estimate of drug-likeness (QED) is 0.646. The average Bonchev–Trinajstić information content (AvgIpc) is 3.25. The van der Waals surface area contributed by atoms with Crippen molar-refractivity contribution in [2.24, 2.45) is 5.92 Å². The van der Waals surface area contributed by atoms with Gasteiger partial charge in [0.2, 0.25) is 11.9 Å². The van der Waals surface area contributed by atoms with Gasteiger partial charge in [0.1, 0.15) is 0 Å². The summed E-state index contributed by atoms with van der Waals surface area (Å²) in [5.74, 6) is -3.34. The van der Waals surface area contributed by atoms with E-state index >= 15 is 0 Å². The number of carbonyl (C=O) groups excluding carboxylic acids is 2. The highest BCUT2D eigenvalue weighted by atomic mass is 35.5. The minimum absolute atomic E-state index is 0. The number of halogens is 6. The van der Waals surface area contributed by atoms with Crippen LogP contribution in [0.1, 0.15) is 6.42 Å². The van der Waals surface area contributed by atoms with Crippen molar-refractivity contribution in [2.45, 2.75) is 18.3 Å².